The van der Waals surface area contributed by atoms with Gasteiger partial charge < -0.3 is 28.7 Å². The quantitative estimate of drug-likeness (QED) is 0.0409. The molecular formula is C86H68N4O10. The van der Waals surface area contributed by atoms with Crippen molar-refractivity contribution in [3.8, 4) is 46.0 Å². The third kappa shape index (κ3) is 11.4. The number of nitrogens with zero attached hydrogens (tertiary/aromatic N) is 4. The smallest absolute Gasteiger partial charge is 0.262 e. The van der Waals surface area contributed by atoms with E-state index in [1.54, 1.807) is 34.1 Å². The molecule has 0 bridgehead atoms. The molecule has 15 rings (SSSR count). The van der Waals surface area contributed by atoms with E-state index in [-0.39, 0.29) is 82.0 Å². The SMILES string of the molecule is CCN(C(=O)C(Cc1ccccc1)N1C(=O)c2cc(Oc3ccc(C)cc3)c3c4c(Oc5ccc(C)cc5)cc5c6c(cc(Oc7ccc(C)cc7)c(c7c(Oc8ccc(C)cc8)cc(c2c37)C1=O)c64)C(=O)N(C(Cc1ccccc1)C(=O)N(CC)c1ccccc1)C5=O)c1ccccc1. The Morgan fingerprint density at radius 1 is 0.320 bits per heavy atom. The van der Waals surface area contributed by atoms with Gasteiger partial charge in [-0.3, -0.25) is 38.6 Å². The second-order valence-corrected chi connectivity index (χ2v) is 25.6. The first-order chi connectivity index (χ1) is 48.6. The van der Waals surface area contributed by atoms with Gasteiger partial charge >= 0.3 is 0 Å². The van der Waals surface area contributed by atoms with E-state index in [0.717, 1.165) is 32.1 Å². The molecule has 0 N–H and O–H groups in total. The Kier molecular flexibility index (Phi) is 16.7. The fourth-order valence-electron chi connectivity index (χ4n) is 14.1. The topological polar surface area (TPSA) is 152 Å². The summed E-state index contributed by atoms with van der Waals surface area (Å²) in [5.74, 6) is -2.05. The number of para-hydroxylation sites is 2. The van der Waals surface area contributed by atoms with Crippen molar-refractivity contribution in [1.82, 2.24) is 9.80 Å². The Morgan fingerprint density at radius 2 is 0.560 bits per heavy atom. The highest BCUT2D eigenvalue weighted by atomic mass is 16.5. The normalized spacial score (nSPS) is 13.3. The number of aryl methyl sites for hydroxylation is 4. The lowest BCUT2D eigenvalue weighted by atomic mass is 9.80. The predicted octanol–water partition coefficient (Wildman–Crippen LogP) is 18.7. The van der Waals surface area contributed by atoms with Crippen LogP contribution in [0.15, 0.2) is 243 Å². The highest BCUT2D eigenvalue weighted by molar-refractivity contribution is 6.45. The molecule has 2 unspecified atom stereocenters. The number of anilines is 2. The maximum absolute atomic E-state index is 16.6. The maximum Gasteiger partial charge on any atom is 0.262 e. The zero-order valence-corrected chi connectivity index (χ0v) is 55.9. The fourth-order valence-corrected chi connectivity index (χ4v) is 14.1. The average Bonchev–Trinajstić information content (AvgIpc) is 0.671. The minimum atomic E-state index is -1.39. The first-order valence-corrected chi connectivity index (χ1v) is 33.5. The molecule has 0 fully saturated rings. The van der Waals surface area contributed by atoms with Crippen LogP contribution in [-0.4, -0.2) is 70.4 Å². The van der Waals surface area contributed by atoms with Gasteiger partial charge in [0.05, 0.1) is 22.3 Å². The molecule has 14 heteroatoms. The molecule has 14 nitrogen and oxygen atoms in total. The summed E-state index contributed by atoms with van der Waals surface area (Å²) in [6.07, 6.45) is -0.0676. The molecule has 2 aliphatic rings. The van der Waals surface area contributed by atoms with Crippen LogP contribution in [0, 0.1) is 27.7 Å². The molecule has 0 saturated carbocycles. The van der Waals surface area contributed by atoms with Gasteiger partial charge in [0.25, 0.3) is 35.4 Å². The molecule has 0 radical (unpaired) electrons. The van der Waals surface area contributed by atoms with Gasteiger partial charge in [-0.05, 0) is 150 Å². The van der Waals surface area contributed by atoms with Crippen molar-refractivity contribution in [2.45, 2.75) is 66.5 Å². The van der Waals surface area contributed by atoms with E-state index in [2.05, 4.69) is 0 Å². The van der Waals surface area contributed by atoms with Crippen LogP contribution in [0.2, 0.25) is 0 Å². The maximum atomic E-state index is 16.6. The highest BCUT2D eigenvalue weighted by Gasteiger charge is 2.47. The predicted molar refractivity (Wildman–Crippen MR) is 390 cm³/mol. The summed E-state index contributed by atoms with van der Waals surface area (Å²) in [5.41, 5.74) is 6.53. The van der Waals surface area contributed by atoms with Crippen molar-refractivity contribution in [3.05, 3.63) is 298 Å². The molecule has 100 heavy (non-hydrogen) atoms. The van der Waals surface area contributed by atoms with Crippen molar-refractivity contribution in [2.75, 3.05) is 22.9 Å². The van der Waals surface area contributed by atoms with Crippen LogP contribution < -0.4 is 28.7 Å². The number of benzene rings is 13. The largest absolute Gasteiger partial charge is 0.457 e. The van der Waals surface area contributed by atoms with Crippen molar-refractivity contribution < 1.29 is 47.7 Å². The van der Waals surface area contributed by atoms with Gasteiger partial charge in [0.1, 0.15) is 58.1 Å². The van der Waals surface area contributed by atoms with Gasteiger partial charge in [-0.25, -0.2) is 0 Å². The highest BCUT2D eigenvalue weighted by Crippen LogP contribution is 2.58. The van der Waals surface area contributed by atoms with Gasteiger partial charge in [0.2, 0.25) is 0 Å². The van der Waals surface area contributed by atoms with E-state index < -0.39 is 47.5 Å². The van der Waals surface area contributed by atoms with Crippen molar-refractivity contribution >= 4 is 89.9 Å². The average molecular weight is 1320 g/mol. The lowest BCUT2D eigenvalue weighted by molar-refractivity contribution is -0.123. The first kappa shape index (κ1) is 63.6. The number of likely N-dealkylation sites (N-methyl/N-ethyl adjacent to an activating group) is 2. The number of carbonyl (C=O) groups excluding carboxylic acids is 6. The summed E-state index contributed by atoms with van der Waals surface area (Å²) >= 11 is 0. The first-order valence-electron chi connectivity index (χ1n) is 33.5. The Hall–Kier alpha value is -12.4. The summed E-state index contributed by atoms with van der Waals surface area (Å²) in [6, 6.07) is 70.4. The standard InChI is InChI=1S/C86H68N4O10/c1-7-87(57-25-17-11-18-26-57)85(95)67(45-55-21-13-9-14-22-55)89-81(91)63-47-69(97-59-37-29-51(3)30-38-59)75-77-71(99-61-41-33-53(5)34-42-61)49-65-74-66(84(94)90(83(65)93)68(46-56-23-15-10-16-24-56)86(96)88(8-2)58-27-19-12-20-28-58)50-72(100-62-43-35-54(6)36-44-62)78(80(74)77)76-70(98-60-39-31-52(4)32-40-60)48-64(82(89)92)73(63)79(75)76/h9-44,47-50,67-68H,7-8,45-46H2,1-6H3. The Balaban J connectivity index is 1.08. The van der Waals surface area contributed by atoms with E-state index in [0.29, 0.717) is 77.8 Å². The van der Waals surface area contributed by atoms with E-state index in [1.165, 1.54) is 0 Å². The number of rotatable bonds is 20. The van der Waals surface area contributed by atoms with Crippen LogP contribution in [0.1, 0.15) is 88.7 Å². The second-order valence-electron chi connectivity index (χ2n) is 25.6. The van der Waals surface area contributed by atoms with Crippen LogP contribution in [0.25, 0.3) is 43.1 Å². The molecule has 2 heterocycles. The minimum absolute atomic E-state index is 0.0338. The number of imide groups is 2. The zero-order valence-electron chi connectivity index (χ0n) is 55.9. The monoisotopic (exact) mass is 1320 g/mol. The second kappa shape index (κ2) is 26.2. The van der Waals surface area contributed by atoms with Gasteiger partial charge in [-0.15, -0.1) is 0 Å². The molecule has 0 saturated heterocycles. The number of amides is 6. The van der Waals surface area contributed by atoms with Crippen LogP contribution in [-0.2, 0) is 22.4 Å². The third-order valence-corrected chi connectivity index (χ3v) is 19.0. The molecule has 2 aliphatic heterocycles. The lowest BCUT2D eigenvalue weighted by Crippen LogP contribution is -2.55. The molecular weight excluding hydrogens is 1250 g/mol. The third-order valence-electron chi connectivity index (χ3n) is 19.0. The molecule has 13 aromatic carbocycles. The van der Waals surface area contributed by atoms with Crippen molar-refractivity contribution in [3.63, 3.8) is 0 Å². The minimum Gasteiger partial charge on any atom is -0.457 e. The summed E-state index contributed by atoms with van der Waals surface area (Å²) in [6.45, 7) is 12.0. The summed E-state index contributed by atoms with van der Waals surface area (Å²) in [7, 11) is 0. The Bertz CT molecular complexity index is 4820. The molecule has 6 amide bonds. The van der Waals surface area contributed by atoms with Gasteiger partial charge in [0, 0.05) is 80.4 Å². The van der Waals surface area contributed by atoms with Crippen LogP contribution in [0.3, 0.4) is 0 Å². The molecule has 13 aromatic rings. The molecule has 0 aromatic heterocycles. The zero-order chi connectivity index (χ0) is 69.0. The van der Waals surface area contributed by atoms with Crippen LogP contribution >= 0.6 is 0 Å². The Labute approximate surface area is 578 Å². The molecule has 0 spiro atoms. The van der Waals surface area contributed by atoms with E-state index in [1.807, 2.05) is 260 Å². The van der Waals surface area contributed by atoms with Crippen molar-refractivity contribution in [1.29, 1.82) is 0 Å². The summed E-state index contributed by atoms with van der Waals surface area (Å²) in [5, 5.41) is 2.32. The van der Waals surface area contributed by atoms with Crippen molar-refractivity contribution in [2.24, 2.45) is 0 Å². The van der Waals surface area contributed by atoms with Gasteiger partial charge in [-0.2, -0.15) is 0 Å². The van der Waals surface area contributed by atoms with E-state index in [9.17, 15) is 0 Å². The Morgan fingerprint density at radius 3 is 0.800 bits per heavy atom. The summed E-state index contributed by atoms with van der Waals surface area (Å²) < 4.78 is 29.1. The van der Waals surface area contributed by atoms with E-state index >= 15 is 28.8 Å². The molecule has 492 valence electrons. The van der Waals surface area contributed by atoms with Gasteiger partial charge in [-0.1, -0.05) is 168 Å². The number of carbonyl (C=O) groups is 6. The van der Waals surface area contributed by atoms with Gasteiger partial charge in [0.15, 0.2) is 0 Å². The summed E-state index contributed by atoms with van der Waals surface area (Å²) in [4.78, 5) is 103. The molecule has 2 atom stereocenters. The van der Waals surface area contributed by atoms with Crippen LogP contribution in [0.4, 0.5) is 11.4 Å². The number of ether oxygens (including phenoxy) is 4. The lowest BCUT2D eigenvalue weighted by Gasteiger charge is -2.37. The molecule has 0 aliphatic carbocycles. The number of fused-ring (bicyclic) bond motifs is 2. The van der Waals surface area contributed by atoms with Crippen LogP contribution in [0.5, 0.6) is 46.0 Å². The van der Waals surface area contributed by atoms with E-state index in [4.69, 9.17) is 18.9 Å². The number of hydrogen-bond donors (Lipinski definition) is 0. The number of hydrogen-bond acceptors (Lipinski definition) is 10. The fraction of sp³-hybridized carbons (Fsp3) is 0.140.